The zero-order valence-corrected chi connectivity index (χ0v) is 12.1. The molecule has 0 N–H and O–H groups in total. The maximum atomic E-state index is 12.2. The van der Waals surface area contributed by atoms with Crippen LogP contribution in [-0.2, 0) is 9.47 Å². The van der Waals surface area contributed by atoms with E-state index in [1.165, 1.54) is 0 Å². The molecule has 0 bridgehead atoms. The molecule has 0 aliphatic carbocycles. The van der Waals surface area contributed by atoms with Gasteiger partial charge in [-0.15, -0.1) is 0 Å². The van der Waals surface area contributed by atoms with Crippen LogP contribution in [0.25, 0.3) is 0 Å². The van der Waals surface area contributed by atoms with Gasteiger partial charge >= 0.3 is 6.09 Å². The Morgan fingerprint density at radius 3 is 3.00 bits per heavy atom. The zero-order valence-electron chi connectivity index (χ0n) is 11.3. The van der Waals surface area contributed by atoms with Crippen molar-refractivity contribution < 1.29 is 14.3 Å². The normalized spacial score (nSPS) is 27.7. The van der Waals surface area contributed by atoms with E-state index >= 15 is 0 Å². The lowest BCUT2D eigenvalue weighted by Gasteiger charge is -2.27. The molecule has 108 valence electrons. The number of benzene rings is 1. The molecule has 1 atom stereocenters. The minimum Gasteiger partial charge on any atom is -0.437 e. The second-order valence-corrected chi connectivity index (χ2v) is 5.84. The monoisotopic (exact) mass is 296 g/mol. The van der Waals surface area contributed by atoms with E-state index in [2.05, 4.69) is 4.90 Å². The van der Waals surface area contributed by atoms with Gasteiger partial charge < -0.3 is 9.47 Å². The number of likely N-dealkylation sites (N-methyl/N-ethyl adjacent to an activating group) is 1. The lowest BCUT2D eigenvalue weighted by atomic mass is 10.1. The van der Waals surface area contributed by atoms with Gasteiger partial charge in [-0.3, -0.25) is 9.80 Å². The fourth-order valence-electron chi connectivity index (χ4n) is 2.72. The summed E-state index contributed by atoms with van der Waals surface area (Å²) in [5.41, 5.74) is 0.163. The predicted molar refractivity (Wildman–Crippen MR) is 76.3 cm³/mol. The minimum atomic E-state index is -0.593. The third kappa shape index (κ3) is 2.61. The van der Waals surface area contributed by atoms with E-state index in [4.69, 9.17) is 21.1 Å². The van der Waals surface area contributed by atoms with Crippen LogP contribution in [0.15, 0.2) is 24.3 Å². The van der Waals surface area contributed by atoms with E-state index in [1.54, 1.807) is 17.0 Å². The summed E-state index contributed by atoms with van der Waals surface area (Å²) in [6, 6.07) is 7.23. The van der Waals surface area contributed by atoms with Crippen LogP contribution in [0.4, 0.5) is 10.5 Å². The summed E-state index contributed by atoms with van der Waals surface area (Å²) in [6.07, 6.45) is -0.342. The van der Waals surface area contributed by atoms with Crippen molar-refractivity contribution in [2.75, 3.05) is 44.8 Å². The molecule has 6 heteroatoms. The van der Waals surface area contributed by atoms with E-state index in [0.717, 1.165) is 12.2 Å². The number of hydrogen-bond donors (Lipinski definition) is 0. The SMILES string of the molecule is CN1CCOC[C@]2(C1)CN(c1cccc(Cl)c1)C(=O)O2. The van der Waals surface area contributed by atoms with E-state index in [-0.39, 0.29) is 6.09 Å². The van der Waals surface area contributed by atoms with Crippen LogP contribution in [-0.4, -0.2) is 56.5 Å². The van der Waals surface area contributed by atoms with Gasteiger partial charge in [0.1, 0.15) is 0 Å². The number of nitrogens with zero attached hydrogens (tertiary/aromatic N) is 2. The van der Waals surface area contributed by atoms with Crippen LogP contribution in [0.2, 0.25) is 5.02 Å². The summed E-state index contributed by atoms with van der Waals surface area (Å²) in [7, 11) is 2.01. The third-order valence-corrected chi connectivity index (χ3v) is 3.87. The lowest BCUT2D eigenvalue weighted by molar-refractivity contribution is -0.0133. The largest absolute Gasteiger partial charge is 0.437 e. The number of carbonyl (C=O) groups excluding carboxylic acids is 1. The Hall–Kier alpha value is -1.30. The van der Waals surface area contributed by atoms with Crippen LogP contribution >= 0.6 is 11.6 Å². The van der Waals surface area contributed by atoms with Crippen molar-refractivity contribution >= 4 is 23.4 Å². The fraction of sp³-hybridized carbons (Fsp3) is 0.500. The number of hydrogen-bond acceptors (Lipinski definition) is 4. The maximum Gasteiger partial charge on any atom is 0.415 e. The molecule has 2 saturated heterocycles. The number of anilines is 1. The van der Waals surface area contributed by atoms with Crippen molar-refractivity contribution in [3.05, 3.63) is 29.3 Å². The minimum absolute atomic E-state index is 0.342. The lowest BCUT2D eigenvalue weighted by Crippen LogP contribution is -2.46. The van der Waals surface area contributed by atoms with E-state index in [1.807, 2.05) is 19.2 Å². The highest BCUT2D eigenvalue weighted by Gasteiger charge is 2.47. The number of ether oxygens (including phenoxy) is 2. The van der Waals surface area contributed by atoms with E-state index in [0.29, 0.717) is 31.3 Å². The quantitative estimate of drug-likeness (QED) is 0.795. The van der Waals surface area contributed by atoms with Gasteiger partial charge in [-0.1, -0.05) is 17.7 Å². The van der Waals surface area contributed by atoms with Gasteiger partial charge in [-0.2, -0.15) is 0 Å². The Labute approximate surface area is 123 Å². The molecule has 2 aliphatic heterocycles. The second-order valence-electron chi connectivity index (χ2n) is 5.41. The molecule has 3 rings (SSSR count). The van der Waals surface area contributed by atoms with Gasteiger partial charge in [0.05, 0.1) is 19.8 Å². The Bertz CT molecular complexity index is 525. The Balaban J connectivity index is 1.84. The summed E-state index contributed by atoms with van der Waals surface area (Å²) < 4.78 is 11.2. The third-order valence-electron chi connectivity index (χ3n) is 3.63. The molecule has 2 aliphatic rings. The summed E-state index contributed by atoms with van der Waals surface area (Å²) in [5.74, 6) is 0. The second kappa shape index (κ2) is 5.24. The number of halogens is 1. The molecule has 2 heterocycles. The molecule has 20 heavy (non-hydrogen) atoms. The number of amides is 1. The van der Waals surface area contributed by atoms with Crippen LogP contribution in [0.5, 0.6) is 0 Å². The molecule has 0 aromatic heterocycles. The fourth-order valence-corrected chi connectivity index (χ4v) is 2.90. The molecule has 1 amide bonds. The Kier molecular flexibility index (Phi) is 3.58. The molecular formula is C14H17ClN2O3. The maximum absolute atomic E-state index is 12.2. The van der Waals surface area contributed by atoms with Crippen molar-refractivity contribution in [2.24, 2.45) is 0 Å². The molecular weight excluding hydrogens is 280 g/mol. The highest BCUT2D eigenvalue weighted by molar-refractivity contribution is 6.30. The van der Waals surface area contributed by atoms with Crippen molar-refractivity contribution in [3.63, 3.8) is 0 Å². The standard InChI is InChI=1S/C14H17ClN2O3/c1-16-5-6-19-10-14(8-16)9-17(13(18)20-14)12-4-2-3-11(15)7-12/h2-4,7H,5-6,8-10H2,1H3/t14-/m0/s1. The summed E-state index contributed by atoms with van der Waals surface area (Å²) in [4.78, 5) is 15.9. The van der Waals surface area contributed by atoms with Gasteiger partial charge in [0.2, 0.25) is 0 Å². The van der Waals surface area contributed by atoms with Crippen LogP contribution in [0, 0.1) is 0 Å². The first-order valence-electron chi connectivity index (χ1n) is 6.60. The highest BCUT2D eigenvalue weighted by atomic mass is 35.5. The zero-order chi connectivity index (χ0) is 14.2. The highest BCUT2D eigenvalue weighted by Crippen LogP contribution is 2.31. The predicted octanol–water partition coefficient (Wildman–Crippen LogP) is 2.00. The molecule has 1 spiro atoms. The van der Waals surface area contributed by atoms with Gasteiger partial charge in [-0.25, -0.2) is 4.79 Å². The molecule has 5 nitrogen and oxygen atoms in total. The van der Waals surface area contributed by atoms with Crippen LogP contribution in [0.3, 0.4) is 0 Å². The summed E-state index contributed by atoms with van der Waals surface area (Å²) >= 11 is 5.99. The van der Waals surface area contributed by atoms with Crippen molar-refractivity contribution in [1.29, 1.82) is 0 Å². The van der Waals surface area contributed by atoms with Gasteiger partial charge in [0, 0.05) is 23.8 Å². The van der Waals surface area contributed by atoms with E-state index < -0.39 is 5.60 Å². The first-order chi connectivity index (χ1) is 9.58. The molecule has 0 saturated carbocycles. The average Bonchev–Trinajstić information content (AvgIpc) is 2.60. The van der Waals surface area contributed by atoms with E-state index in [9.17, 15) is 4.79 Å². The van der Waals surface area contributed by atoms with Gasteiger partial charge in [0.15, 0.2) is 5.60 Å². The molecule has 0 unspecified atom stereocenters. The van der Waals surface area contributed by atoms with Crippen LogP contribution < -0.4 is 4.90 Å². The summed E-state index contributed by atoms with van der Waals surface area (Å²) in [5, 5.41) is 0.602. The average molecular weight is 297 g/mol. The topological polar surface area (TPSA) is 42.0 Å². The van der Waals surface area contributed by atoms with Crippen molar-refractivity contribution in [2.45, 2.75) is 5.60 Å². The molecule has 1 aromatic rings. The number of carbonyl (C=O) groups is 1. The number of rotatable bonds is 1. The van der Waals surface area contributed by atoms with Gasteiger partial charge in [-0.05, 0) is 25.2 Å². The van der Waals surface area contributed by atoms with Crippen LogP contribution in [0.1, 0.15) is 0 Å². The molecule has 1 aromatic carbocycles. The molecule has 2 fully saturated rings. The smallest absolute Gasteiger partial charge is 0.415 e. The Morgan fingerprint density at radius 1 is 1.35 bits per heavy atom. The first-order valence-corrected chi connectivity index (χ1v) is 6.98. The first kappa shape index (κ1) is 13.7. The van der Waals surface area contributed by atoms with Crippen molar-refractivity contribution in [1.82, 2.24) is 4.90 Å². The Morgan fingerprint density at radius 2 is 2.20 bits per heavy atom. The van der Waals surface area contributed by atoms with Gasteiger partial charge in [0.25, 0.3) is 0 Å². The molecule has 0 radical (unpaired) electrons. The summed E-state index contributed by atoms with van der Waals surface area (Å²) in [6.45, 7) is 3.09. The van der Waals surface area contributed by atoms with Crippen molar-refractivity contribution in [3.8, 4) is 0 Å².